The third kappa shape index (κ3) is 2.58. The fraction of sp³-hybridized carbons (Fsp3) is 0.462. The summed E-state index contributed by atoms with van der Waals surface area (Å²) >= 11 is 11.9. The summed E-state index contributed by atoms with van der Waals surface area (Å²) in [4.78, 5) is 4.65. The monoisotopic (exact) mass is 270 g/mol. The smallest absolute Gasteiger partial charge is 0.109 e. The van der Waals surface area contributed by atoms with Gasteiger partial charge in [0.05, 0.1) is 16.1 Å². The van der Waals surface area contributed by atoms with Gasteiger partial charge in [0.15, 0.2) is 0 Å². The van der Waals surface area contributed by atoms with Crippen LogP contribution in [0.2, 0.25) is 5.02 Å². The third-order valence-electron chi connectivity index (χ3n) is 2.90. The van der Waals surface area contributed by atoms with Gasteiger partial charge in [-0.2, -0.15) is 0 Å². The maximum atomic E-state index is 6.23. The Morgan fingerprint density at radius 1 is 1.29 bits per heavy atom. The van der Waals surface area contributed by atoms with Crippen LogP contribution in [0.1, 0.15) is 25.6 Å². The highest BCUT2D eigenvalue weighted by Gasteiger charge is 2.11. The Hall–Kier alpha value is -0.730. The molecule has 4 heteroatoms. The van der Waals surface area contributed by atoms with E-state index in [-0.39, 0.29) is 0 Å². The molecule has 0 fully saturated rings. The average Bonchev–Trinajstić information content (AvgIpc) is 2.68. The Morgan fingerprint density at radius 3 is 2.82 bits per heavy atom. The average molecular weight is 271 g/mol. The van der Waals surface area contributed by atoms with E-state index in [4.69, 9.17) is 23.2 Å². The summed E-state index contributed by atoms with van der Waals surface area (Å²) < 4.78 is 2.20. The van der Waals surface area contributed by atoms with Gasteiger partial charge in [-0.3, -0.25) is 0 Å². The summed E-state index contributed by atoms with van der Waals surface area (Å²) in [5, 5.41) is 0.778. The van der Waals surface area contributed by atoms with Gasteiger partial charge in [0.2, 0.25) is 0 Å². The summed E-state index contributed by atoms with van der Waals surface area (Å²) in [6, 6.07) is 5.87. The molecule has 0 N–H and O–H groups in total. The number of rotatable bonds is 5. The Labute approximate surface area is 112 Å². The predicted octanol–water partition coefficient (Wildman–Crippen LogP) is 4.27. The van der Waals surface area contributed by atoms with Gasteiger partial charge in [-0.15, -0.1) is 11.6 Å². The van der Waals surface area contributed by atoms with Crippen LogP contribution in [-0.2, 0) is 13.0 Å². The molecule has 0 saturated carbocycles. The maximum Gasteiger partial charge on any atom is 0.109 e. The fourth-order valence-corrected chi connectivity index (χ4v) is 2.56. The Balaban J connectivity index is 2.38. The zero-order chi connectivity index (χ0) is 12.3. The number of alkyl halides is 1. The van der Waals surface area contributed by atoms with Crippen LogP contribution >= 0.6 is 23.2 Å². The maximum absolute atomic E-state index is 6.23. The van der Waals surface area contributed by atoms with E-state index in [1.165, 1.54) is 0 Å². The molecule has 1 aromatic carbocycles. The Bertz CT molecular complexity index is 505. The third-order valence-corrected chi connectivity index (χ3v) is 3.47. The second-order valence-electron chi connectivity index (χ2n) is 4.03. The highest BCUT2D eigenvalue weighted by molar-refractivity contribution is 6.35. The summed E-state index contributed by atoms with van der Waals surface area (Å²) in [5.41, 5.74) is 2.04. The molecule has 0 aliphatic rings. The number of unbranched alkanes of at least 4 members (excludes halogenated alkanes) is 1. The lowest BCUT2D eigenvalue weighted by Gasteiger charge is -2.06. The molecule has 0 atom stereocenters. The number of para-hydroxylation sites is 1. The number of hydrogen-bond acceptors (Lipinski definition) is 1. The van der Waals surface area contributed by atoms with Gasteiger partial charge in [0.1, 0.15) is 5.82 Å². The van der Waals surface area contributed by atoms with Gasteiger partial charge in [0, 0.05) is 18.8 Å². The zero-order valence-corrected chi connectivity index (χ0v) is 11.4. The fourth-order valence-electron chi connectivity index (χ4n) is 2.10. The van der Waals surface area contributed by atoms with E-state index in [0.29, 0.717) is 5.88 Å². The summed E-state index contributed by atoms with van der Waals surface area (Å²) in [5.74, 6) is 1.83. The van der Waals surface area contributed by atoms with E-state index < -0.39 is 0 Å². The molecular weight excluding hydrogens is 255 g/mol. The molecule has 2 nitrogen and oxygen atoms in total. The van der Waals surface area contributed by atoms with Crippen molar-refractivity contribution in [3.63, 3.8) is 0 Å². The highest BCUT2D eigenvalue weighted by atomic mass is 35.5. The van der Waals surface area contributed by atoms with Gasteiger partial charge in [-0.25, -0.2) is 4.98 Å². The summed E-state index contributed by atoms with van der Waals surface area (Å²) in [6.07, 6.45) is 3.07. The number of hydrogen-bond donors (Lipinski definition) is 0. The molecule has 1 aromatic heterocycles. The van der Waals surface area contributed by atoms with Crippen LogP contribution in [0.4, 0.5) is 0 Å². The number of aromatic nitrogens is 2. The quantitative estimate of drug-likeness (QED) is 0.586. The van der Waals surface area contributed by atoms with Crippen molar-refractivity contribution in [2.24, 2.45) is 0 Å². The number of imidazole rings is 1. The van der Waals surface area contributed by atoms with Crippen LogP contribution in [0.25, 0.3) is 11.0 Å². The molecule has 17 heavy (non-hydrogen) atoms. The van der Waals surface area contributed by atoms with E-state index >= 15 is 0 Å². The second kappa shape index (κ2) is 5.74. The SMILES string of the molecule is CCn1c(CCCCCl)nc2cccc(Cl)c21. The molecule has 92 valence electrons. The van der Waals surface area contributed by atoms with Gasteiger partial charge in [-0.1, -0.05) is 17.7 Å². The number of nitrogens with zero attached hydrogens (tertiary/aromatic N) is 2. The lowest BCUT2D eigenvalue weighted by atomic mass is 10.2. The normalized spacial score (nSPS) is 11.2. The van der Waals surface area contributed by atoms with Gasteiger partial charge in [0.25, 0.3) is 0 Å². The van der Waals surface area contributed by atoms with Crippen LogP contribution in [0.3, 0.4) is 0 Å². The lowest BCUT2D eigenvalue weighted by Crippen LogP contribution is -2.02. The van der Waals surface area contributed by atoms with Crippen LogP contribution < -0.4 is 0 Å². The molecule has 0 unspecified atom stereocenters. The van der Waals surface area contributed by atoms with Crippen molar-refractivity contribution in [3.05, 3.63) is 29.0 Å². The number of halogens is 2. The second-order valence-corrected chi connectivity index (χ2v) is 4.81. The molecule has 0 aliphatic carbocycles. The lowest BCUT2D eigenvalue weighted by molar-refractivity contribution is 0.677. The Kier molecular flexibility index (Phi) is 4.30. The van der Waals surface area contributed by atoms with Crippen LogP contribution in [0, 0.1) is 0 Å². The largest absolute Gasteiger partial charge is 0.327 e. The minimum Gasteiger partial charge on any atom is -0.327 e. The standard InChI is InChI=1S/C13H16Cl2N2/c1-2-17-12(8-3-4-9-14)16-11-7-5-6-10(15)13(11)17/h5-7H,2-4,8-9H2,1H3. The first-order chi connectivity index (χ1) is 8.27. The predicted molar refractivity (Wildman–Crippen MR) is 74.1 cm³/mol. The van der Waals surface area contributed by atoms with Crippen molar-refractivity contribution in [3.8, 4) is 0 Å². The first kappa shape index (κ1) is 12.7. The van der Waals surface area contributed by atoms with Crippen LogP contribution in [-0.4, -0.2) is 15.4 Å². The molecular formula is C13H16Cl2N2. The van der Waals surface area contributed by atoms with E-state index in [2.05, 4.69) is 16.5 Å². The van der Waals surface area contributed by atoms with E-state index in [1.54, 1.807) is 0 Å². The zero-order valence-electron chi connectivity index (χ0n) is 9.92. The van der Waals surface area contributed by atoms with Crippen molar-refractivity contribution in [2.45, 2.75) is 32.7 Å². The molecule has 0 radical (unpaired) electrons. The van der Waals surface area contributed by atoms with Gasteiger partial charge >= 0.3 is 0 Å². The van der Waals surface area contributed by atoms with Gasteiger partial charge in [-0.05, 0) is 31.9 Å². The molecule has 2 aromatic rings. The summed E-state index contributed by atoms with van der Waals surface area (Å²) in [7, 11) is 0. The van der Waals surface area contributed by atoms with E-state index in [1.807, 2.05) is 18.2 Å². The molecule has 2 rings (SSSR count). The molecule has 0 aliphatic heterocycles. The van der Waals surface area contributed by atoms with Crippen molar-refractivity contribution < 1.29 is 0 Å². The molecule has 0 bridgehead atoms. The van der Waals surface area contributed by atoms with Crippen molar-refractivity contribution in [1.82, 2.24) is 9.55 Å². The topological polar surface area (TPSA) is 17.8 Å². The van der Waals surface area contributed by atoms with Crippen molar-refractivity contribution >= 4 is 34.2 Å². The summed E-state index contributed by atoms with van der Waals surface area (Å²) in [6.45, 7) is 3.02. The number of fused-ring (bicyclic) bond motifs is 1. The number of benzene rings is 1. The molecule has 0 spiro atoms. The molecule has 0 saturated heterocycles. The van der Waals surface area contributed by atoms with Gasteiger partial charge < -0.3 is 4.57 Å². The van der Waals surface area contributed by atoms with E-state index in [0.717, 1.165) is 47.7 Å². The van der Waals surface area contributed by atoms with Crippen molar-refractivity contribution in [2.75, 3.05) is 5.88 Å². The molecule has 0 amide bonds. The van der Waals surface area contributed by atoms with Crippen LogP contribution in [0.5, 0.6) is 0 Å². The minimum absolute atomic E-state index is 0.715. The minimum atomic E-state index is 0.715. The first-order valence-electron chi connectivity index (χ1n) is 5.97. The van der Waals surface area contributed by atoms with Crippen molar-refractivity contribution in [1.29, 1.82) is 0 Å². The highest BCUT2D eigenvalue weighted by Crippen LogP contribution is 2.25. The number of aryl methyl sites for hydroxylation is 2. The van der Waals surface area contributed by atoms with Crippen LogP contribution in [0.15, 0.2) is 18.2 Å². The Morgan fingerprint density at radius 2 is 2.12 bits per heavy atom. The first-order valence-corrected chi connectivity index (χ1v) is 6.88. The van der Waals surface area contributed by atoms with E-state index in [9.17, 15) is 0 Å². The molecule has 1 heterocycles.